The number of nitrogens with zero attached hydrogens (tertiary/aromatic N) is 3. The van der Waals surface area contributed by atoms with E-state index in [1.165, 1.54) is 24.3 Å². The molecule has 1 aromatic heterocycles. The van der Waals surface area contributed by atoms with Crippen molar-refractivity contribution < 1.29 is 19.4 Å². The molecule has 1 N–H and O–H groups in total. The lowest BCUT2D eigenvalue weighted by Gasteiger charge is -2.22. The molecule has 7 nitrogen and oxygen atoms in total. The molecule has 0 radical (unpaired) electrons. The predicted molar refractivity (Wildman–Crippen MR) is 83.2 cm³/mol. The molecule has 0 unspecified atom stereocenters. The normalized spacial score (nSPS) is 10.5. The van der Waals surface area contributed by atoms with Crippen molar-refractivity contribution in [1.82, 2.24) is 14.7 Å². The molecule has 0 aliphatic carbocycles. The van der Waals surface area contributed by atoms with Crippen molar-refractivity contribution in [3.05, 3.63) is 53.3 Å². The number of rotatable bonds is 7. The zero-order chi connectivity index (χ0) is 16.8. The SMILES string of the molecule is COCCN(Cc1ccnn1C)C(=O)c1ccc(C(=O)O)cc1. The Morgan fingerprint density at radius 2 is 1.87 bits per heavy atom. The number of hydrogen-bond donors (Lipinski definition) is 1. The number of carbonyl (C=O) groups excluding carboxylic acids is 1. The highest BCUT2D eigenvalue weighted by Gasteiger charge is 2.17. The number of amides is 1. The van der Waals surface area contributed by atoms with Gasteiger partial charge in [-0.1, -0.05) is 0 Å². The molecule has 122 valence electrons. The summed E-state index contributed by atoms with van der Waals surface area (Å²) < 4.78 is 6.77. The second-order valence-corrected chi connectivity index (χ2v) is 5.05. The zero-order valence-electron chi connectivity index (χ0n) is 13.1. The fraction of sp³-hybridized carbons (Fsp3) is 0.312. The van der Waals surface area contributed by atoms with Crippen LogP contribution in [0.4, 0.5) is 0 Å². The number of carbonyl (C=O) groups is 2. The highest BCUT2D eigenvalue weighted by atomic mass is 16.5. The Morgan fingerprint density at radius 3 is 2.39 bits per heavy atom. The van der Waals surface area contributed by atoms with Crippen LogP contribution < -0.4 is 0 Å². The Morgan fingerprint density at radius 1 is 1.22 bits per heavy atom. The van der Waals surface area contributed by atoms with E-state index in [4.69, 9.17) is 9.84 Å². The smallest absolute Gasteiger partial charge is 0.335 e. The topological polar surface area (TPSA) is 84.7 Å². The number of carboxylic acids is 1. The van der Waals surface area contributed by atoms with Gasteiger partial charge in [0.1, 0.15) is 0 Å². The summed E-state index contributed by atoms with van der Waals surface area (Å²) in [7, 11) is 3.39. The van der Waals surface area contributed by atoms with Crippen molar-refractivity contribution >= 4 is 11.9 Å². The van der Waals surface area contributed by atoms with Crippen molar-refractivity contribution in [2.75, 3.05) is 20.3 Å². The lowest BCUT2D eigenvalue weighted by molar-refractivity contribution is 0.0670. The Kier molecular flexibility index (Phi) is 5.48. The molecule has 23 heavy (non-hydrogen) atoms. The second kappa shape index (κ2) is 7.55. The standard InChI is InChI=1S/C16H19N3O4/c1-18-14(7-8-17-18)11-19(9-10-23-2)15(20)12-3-5-13(6-4-12)16(21)22/h3-8H,9-11H2,1-2H3,(H,21,22). The minimum absolute atomic E-state index is 0.150. The molecular formula is C16H19N3O4. The first kappa shape index (κ1) is 16.7. The Labute approximate surface area is 134 Å². The van der Waals surface area contributed by atoms with Crippen molar-refractivity contribution in [3.63, 3.8) is 0 Å². The van der Waals surface area contributed by atoms with Crippen LogP contribution >= 0.6 is 0 Å². The van der Waals surface area contributed by atoms with Gasteiger partial charge in [0.15, 0.2) is 0 Å². The summed E-state index contributed by atoms with van der Waals surface area (Å²) in [5.41, 5.74) is 1.49. The third kappa shape index (κ3) is 4.17. The van der Waals surface area contributed by atoms with Gasteiger partial charge in [0.05, 0.1) is 24.4 Å². The fourth-order valence-corrected chi connectivity index (χ4v) is 2.14. The van der Waals surface area contributed by atoms with Gasteiger partial charge >= 0.3 is 5.97 Å². The van der Waals surface area contributed by atoms with Crippen LogP contribution in [0.15, 0.2) is 36.5 Å². The van der Waals surface area contributed by atoms with Gasteiger partial charge in [0.25, 0.3) is 5.91 Å². The van der Waals surface area contributed by atoms with E-state index in [0.29, 0.717) is 25.3 Å². The number of methoxy groups -OCH3 is 1. The lowest BCUT2D eigenvalue weighted by Crippen LogP contribution is -2.34. The van der Waals surface area contributed by atoms with Gasteiger partial charge in [-0.25, -0.2) is 4.79 Å². The van der Waals surface area contributed by atoms with Gasteiger partial charge in [0, 0.05) is 32.5 Å². The highest BCUT2D eigenvalue weighted by molar-refractivity contribution is 5.95. The maximum absolute atomic E-state index is 12.7. The third-order valence-corrected chi connectivity index (χ3v) is 3.51. The first-order valence-electron chi connectivity index (χ1n) is 7.11. The van der Waals surface area contributed by atoms with Crippen LogP contribution in [0.5, 0.6) is 0 Å². The van der Waals surface area contributed by atoms with Crippen LogP contribution in [0.2, 0.25) is 0 Å². The summed E-state index contributed by atoms with van der Waals surface area (Å²) in [6, 6.07) is 7.74. The molecule has 0 saturated heterocycles. The van der Waals surface area contributed by atoms with Gasteiger partial charge in [0.2, 0.25) is 0 Å². The molecule has 2 rings (SSSR count). The van der Waals surface area contributed by atoms with Crippen LogP contribution in [-0.2, 0) is 18.3 Å². The van der Waals surface area contributed by atoms with Crippen LogP contribution in [0.1, 0.15) is 26.4 Å². The average Bonchev–Trinajstić information content (AvgIpc) is 2.95. The van der Waals surface area contributed by atoms with Gasteiger partial charge in [-0.2, -0.15) is 5.10 Å². The monoisotopic (exact) mass is 317 g/mol. The van der Waals surface area contributed by atoms with E-state index < -0.39 is 5.97 Å². The minimum atomic E-state index is -1.02. The molecule has 0 fully saturated rings. The number of ether oxygens (including phenoxy) is 1. The van der Waals surface area contributed by atoms with Crippen LogP contribution in [-0.4, -0.2) is 51.9 Å². The van der Waals surface area contributed by atoms with Gasteiger partial charge in [-0.3, -0.25) is 9.48 Å². The molecule has 0 bridgehead atoms. The van der Waals surface area contributed by atoms with Crippen LogP contribution in [0.25, 0.3) is 0 Å². The second-order valence-electron chi connectivity index (χ2n) is 5.05. The van der Waals surface area contributed by atoms with E-state index >= 15 is 0 Å². The maximum atomic E-state index is 12.7. The average molecular weight is 317 g/mol. The van der Waals surface area contributed by atoms with E-state index in [1.807, 2.05) is 13.1 Å². The van der Waals surface area contributed by atoms with E-state index in [9.17, 15) is 9.59 Å². The quantitative estimate of drug-likeness (QED) is 0.834. The van der Waals surface area contributed by atoms with E-state index in [2.05, 4.69) is 5.10 Å². The summed E-state index contributed by atoms with van der Waals surface area (Å²) >= 11 is 0. The number of hydrogen-bond acceptors (Lipinski definition) is 4. The Hall–Kier alpha value is -2.67. The summed E-state index contributed by atoms with van der Waals surface area (Å²) in [5.74, 6) is -1.20. The Balaban J connectivity index is 2.18. The third-order valence-electron chi connectivity index (χ3n) is 3.51. The molecule has 1 aromatic carbocycles. The summed E-state index contributed by atoms with van der Waals surface area (Å²) in [6.45, 7) is 1.25. The number of aryl methyl sites for hydroxylation is 1. The fourth-order valence-electron chi connectivity index (χ4n) is 2.14. The Bertz CT molecular complexity index is 679. The molecular weight excluding hydrogens is 298 g/mol. The number of aromatic carboxylic acids is 1. The molecule has 0 aliphatic heterocycles. The number of benzene rings is 1. The van der Waals surface area contributed by atoms with Gasteiger partial charge in [-0.15, -0.1) is 0 Å². The molecule has 0 spiro atoms. The minimum Gasteiger partial charge on any atom is -0.478 e. The summed E-state index contributed by atoms with van der Waals surface area (Å²) in [5, 5.41) is 13.0. The van der Waals surface area contributed by atoms with Gasteiger partial charge in [-0.05, 0) is 30.3 Å². The largest absolute Gasteiger partial charge is 0.478 e. The summed E-state index contributed by atoms with van der Waals surface area (Å²) in [6.07, 6.45) is 1.68. The molecule has 1 amide bonds. The maximum Gasteiger partial charge on any atom is 0.335 e. The molecule has 1 heterocycles. The molecule has 0 saturated carbocycles. The van der Waals surface area contributed by atoms with E-state index in [0.717, 1.165) is 5.69 Å². The summed E-state index contributed by atoms with van der Waals surface area (Å²) in [4.78, 5) is 25.2. The number of carboxylic acid groups (broad SMARTS) is 1. The van der Waals surface area contributed by atoms with Crippen molar-refractivity contribution in [2.45, 2.75) is 6.54 Å². The van der Waals surface area contributed by atoms with Crippen LogP contribution in [0.3, 0.4) is 0 Å². The molecule has 2 aromatic rings. The van der Waals surface area contributed by atoms with Gasteiger partial charge < -0.3 is 14.7 Å². The van der Waals surface area contributed by atoms with Crippen LogP contribution in [0, 0.1) is 0 Å². The van der Waals surface area contributed by atoms with E-state index in [-0.39, 0.29) is 11.5 Å². The van der Waals surface area contributed by atoms with Crippen molar-refractivity contribution in [1.29, 1.82) is 0 Å². The first-order chi connectivity index (χ1) is 11.0. The lowest BCUT2D eigenvalue weighted by atomic mass is 10.1. The predicted octanol–water partition coefficient (Wildman–Crippen LogP) is 1.41. The molecule has 7 heteroatoms. The molecule has 0 aliphatic rings. The molecule has 0 atom stereocenters. The van der Waals surface area contributed by atoms with Crippen molar-refractivity contribution in [2.24, 2.45) is 7.05 Å². The van der Waals surface area contributed by atoms with Crippen molar-refractivity contribution in [3.8, 4) is 0 Å². The van der Waals surface area contributed by atoms with E-state index in [1.54, 1.807) is 22.9 Å². The zero-order valence-corrected chi connectivity index (χ0v) is 13.1. The highest BCUT2D eigenvalue weighted by Crippen LogP contribution is 2.11. The number of aromatic nitrogens is 2. The first-order valence-corrected chi connectivity index (χ1v) is 7.11.